The molecule has 1 aliphatic rings. The van der Waals surface area contributed by atoms with Crippen LogP contribution in [0.5, 0.6) is 0 Å². The Morgan fingerprint density at radius 1 is 1.13 bits per heavy atom. The molecule has 202 valence electrons. The maximum atomic E-state index is 11.8. The summed E-state index contributed by atoms with van der Waals surface area (Å²) in [6.07, 6.45) is 9.00. The molecule has 5 rings (SSSR count). The van der Waals surface area contributed by atoms with Crippen molar-refractivity contribution in [2.45, 2.75) is 31.8 Å². The minimum Gasteiger partial charge on any atom is -0.361 e. The van der Waals surface area contributed by atoms with Crippen molar-refractivity contribution in [3.63, 3.8) is 0 Å². The molecule has 0 fully saturated rings. The first kappa shape index (κ1) is 26.7. The number of sulfonamides is 1. The van der Waals surface area contributed by atoms with Crippen LogP contribution in [0.1, 0.15) is 40.3 Å². The van der Waals surface area contributed by atoms with E-state index in [2.05, 4.69) is 51.1 Å². The van der Waals surface area contributed by atoms with Gasteiger partial charge in [-0.15, -0.1) is 0 Å². The quantitative estimate of drug-likeness (QED) is 0.130. The number of benzene rings is 3. The fourth-order valence-corrected chi connectivity index (χ4v) is 5.99. The van der Waals surface area contributed by atoms with E-state index in [1.807, 2.05) is 30.3 Å². The molecule has 1 heterocycles. The van der Waals surface area contributed by atoms with Crippen molar-refractivity contribution in [3.05, 3.63) is 107 Å². The number of H-pyrrole nitrogens is 1. The second-order valence-corrected chi connectivity index (χ2v) is 11.7. The van der Waals surface area contributed by atoms with Crippen LogP contribution < -0.4 is 10.2 Å². The average molecular weight is 545 g/mol. The molecule has 0 saturated carbocycles. The number of fused-ring (bicyclic) bond motifs is 2. The van der Waals surface area contributed by atoms with Gasteiger partial charge in [0.2, 0.25) is 10.0 Å². The summed E-state index contributed by atoms with van der Waals surface area (Å²) in [6, 6.07) is 22.3. The van der Waals surface area contributed by atoms with E-state index in [0.717, 1.165) is 48.7 Å². The molecule has 0 saturated heterocycles. The average Bonchev–Trinajstić information content (AvgIpc) is 3.53. The lowest BCUT2D eigenvalue weighted by Crippen LogP contribution is -2.29. The van der Waals surface area contributed by atoms with Crippen LogP contribution in [0.4, 0.5) is 5.69 Å². The summed E-state index contributed by atoms with van der Waals surface area (Å²) in [5, 5.41) is 9.97. The lowest BCUT2D eigenvalue weighted by molar-refractivity contribution is -0.124. The SMILES string of the molecule is CS(=O)(=O)Nc1cccc(CN(CCc2c[nH]c3ccccc23)C2CCc3cc(C=CC(=O)NO)ccc32)c1. The number of aromatic nitrogens is 1. The predicted octanol–water partition coefficient (Wildman–Crippen LogP) is 4.79. The zero-order valence-corrected chi connectivity index (χ0v) is 22.5. The van der Waals surface area contributed by atoms with Crippen LogP contribution in [0.25, 0.3) is 17.0 Å². The van der Waals surface area contributed by atoms with Gasteiger partial charge in [0.05, 0.1) is 6.26 Å². The van der Waals surface area contributed by atoms with Gasteiger partial charge in [-0.3, -0.25) is 19.6 Å². The molecule has 3 aromatic carbocycles. The number of nitrogens with one attached hydrogen (secondary N) is 3. The Morgan fingerprint density at radius 2 is 1.97 bits per heavy atom. The van der Waals surface area contributed by atoms with E-state index < -0.39 is 15.9 Å². The number of hydroxylamine groups is 1. The molecule has 4 N–H and O–H groups in total. The van der Waals surface area contributed by atoms with E-state index in [-0.39, 0.29) is 6.04 Å². The van der Waals surface area contributed by atoms with Crippen molar-refractivity contribution in [1.29, 1.82) is 0 Å². The Labute approximate surface area is 228 Å². The fraction of sp³-hybridized carbons (Fsp3) is 0.233. The van der Waals surface area contributed by atoms with Crippen LogP contribution in [-0.4, -0.2) is 42.2 Å². The zero-order valence-electron chi connectivity index (χ0n) is 21.7. The lowest BCUT2D eigenvalue weighted by atomic mass is 10.0. The molecule has 0 radical (unpaired) electrons. The third-order valence-corrected chi connectivity index (χ3v) is 7.76. The minimum atomic E-state index is -3.37. The molecule has 1 aliphatic carbocycles. The van der Waals surface area contributed by atoms with Crippen LogP contribution in [0, 0.1) is 0 Å². The van der Waals surface area contributed by atoms with Crippen LogP contribution in [0.15, 0.2) is 79.0 Å². The molecular weight excluding hydrogens is 512 g/mol. The first-order valence-corrected chi connectivity index (χ1v) is 14.8. The summed E-state index contributed by atoms with van der Waals surface area (Å²) in [6.45, 7) is 1.50. The Hall–Kier alpha value is -3.92. The van der Waals surface area contributed by atoms with Crippen molar-refractivity contribution < 1.29 is 18.4 Å². The maximum Gasteiger partial charge on any atom is 0.267 e. The summed E-state index contributed by atoms with van der Waals surface area (Å²) in [5.74, 6) is -0.565. The highest BCUT2D eigenvalue weighted by molar-refractivity contribution is 7.92. The molecule has 1 unspecified atom stereocenters. The molecule has 9 heteroatoms. The first-order valence-electron chi connectivity index (χ1n) is 12.9. The Bertz CT molecular complexity index is 1630. The lowest BCUT2D eigenvalue weighted by Gasteiger charge is -2.30. The van der Waals surface area contributed by atoms with E-state index in [1.54, 1.807) is 17.6 Å². The number of para-hydroxylation sites is 1. The molecule has 4 aromatic rings. The van der Waals surface area contributed by atoms with Gasteiger partial charge in [-0.1, -0.05) is 48.5 Å². The molecule has 1 atom stereocenters. The van der Waals surface area contributed by atoms with Gasteiger partial charge >= 0.3 is 0 Å². The third-order valence-electron chi connectivity index (χ3n) is 7.15. The second kappa shape index (κ2) is 11.4. The normalized spacial score (nSPS) is 15.2. The number of carbonyl (C=O) groups is 1. The van der Waals surface area contributed by atoms with Crippen molar-refractivity contribution in [1.82, 2.24) is 15.4 Å². The molecule has 1 amide bonds. The topological polar surface area (TPSA) is 115 Å². The molecule has 0 spiro atoms. The van der Waals surface area contributed by atoms with Crippen molar-refractivity contribution >= 4 is 38.6 Å². The van der Waals surface area contributed by atoms with E-state index in [9.17, 15) is 13.2 Å². The van der Waals surface area contributed by atoms with Crippen molar-refractivity contribution in [2.24, 2.45) is 0 Å². The van der Waals surface area contributed by atoms with Gasteiger partial charge in [0.1, 0.15) is 0 Å². The van der Waals surface area contributed by atoms with Gasteiger partial charge in [-0.2, -0.15) is 0 Å². The number of rotatable bonds is 10. The highest BCUT2D eigenvalue weighted by Gasteiger charge is 2.28. The number of hydrogen-bond acceptors (Lipinski definition) is 5. The molecule has 0 bridgehead atoms. The van der Waals surface area contributed by atoms with Gasteiger partial charge in [0.25, 0.3) is 5.91 Å². The second-order valence-electron chi connectivity index (χ2n) is 9.98. The molecule has 8 nitrogen and oxygen atoms in total. The van der Waals surface area contributed by atoms with Crippen LogP contribution >= 0.6 is 0 Å². The number of aryl methyl sites for hydroxylation is 1. The highest BCUT2D eigenvalue weighted by Crippen LogP contribution is 2.38. The number of anilines is 1. The van der Waals surface area contributed by atoms with Crippen molar-refractivity contribution in [3.8, 4) is 0 Å². The number of aromatic amines is 1. The molecule has 0 aliphatic heterocycles. The number of amides is 1. The van der Waals surface area contributed by atoms with Gasteiger partial charge in [0.15, 0.2) is 0 Å². The standard InChI is InChI=1S/C30H32N4O4S/c1-39(37,38)33-25-6-4-5-22(18-25)20-34(16-15-24-19-31-28-8-3-2-7-26(24)28)29-13-11-23-17-21(9-12-27(23)29)10-14-30(35)32-36/h2-10,12,14,17-19,29,31,33,36H,11,13,15-16,20H2,1H3,(H,32,35). The Balaban J connectivity index is 1.41. The largest absolute Gasteiger partial charge is 0.361 e. The zero-order chi connectivity index (χ0) is 27.4. The summed E-state index contributed by atoms with van der Waals surface area (Å²) >= 11 is 0. The number of hydrogen-bond donors (Lipinski definition) is 4. The summed E-state index contributed by atoms with van der Waals surface area (Å²) in [7, 11) is -3.37. The van der Waals surface area contributed by atoms with Crippen LogP contribution in [0.2, 0.25) is 0 Å². The Morgan fingerprint density at radius 3 is 2.79 bits per heavy atom. The van der Waals surface area contributed by atoms with E-state index in [1.165, 1.54) is 28.2 Å². The van der Waals surface area contributed by atoms with Gasteiger partial charge in [-0.25, -0.2) is 13.9 Å². The summed E-state index contributed by atoms with van der Waals surface area (Å²) in [5.41, 5.74) is 9.01. The van der Waals surface area contributed by atoms with Crippen molar-refractivity contribution in [2.75, 3.05) is 17.5 Å². The maximum absolute atomic E-state index is 11.8. The number of carbonyl (C=O) groups excluding carboxylic acids is 1. The summed E-state index contributed by atoms with van der Waals surface area (Å²) in [4.78, 5) is 17.2. The summed E-state index contributed by atoms with van der Waals surface area (Å²) < 4.78 is 26.2. The van der Waals surface area contributed by atoms with E-state index in [0.29, 0.717) is 12.2 Å². The molecule has 39 heavy (non-hydrogen) atoms. The minimum absolute atomic E-state index is 0.204. The van der Waals surface area contributed by atoms with Gasteiger partial charge < -0.3 is 4.98 Å². The van der Waals surface area contributed by atoms with Crippen LogP contribution in [0.3, 0.4) is 0 Å². The van der Waals surface area contributed by atoms with E-state index >= 15 is 0 Å². The van der Waals surface area contributed by atoms with E-state index in [4.69, 9.17) is 5.21 Å². The molecular formula is C30H32N4O4S. The third kappa shape index (κ3) is 6.57. The number of nitrogens with zero attached hydrogens (tertiary/aromatic N) is 1. The van der Waals surface area contributed by atoms with Gasteiger partial charge in [0, 0.05) is 48.0 Å². The molecule has 1 aromatic heterocycles. The Kier molecular flexibility index (Phi) is 7.83. The predicted molar refractivity (Wildman–Crippen MR) is 154 cm³/mol. The monoisotopic (exact) mass is 544 g/mol. The van der Waals surface area contributed by atoms with Crippen LogP contribution in [-0.2, 0) is 34.2 Å². The highest BCUT2D eigenvalue weighted by atomic mass is 32.2. The fourth-order valence-electron chi connectivity index (χ4n) is 5.44. The first-order chi connectivity index (χ1) is 18.8. The van der Waals surface area contributed by atoms with Gasteiger partial charge in [-0.05, 0) is 71.4 Å². The smallest absolute Gasteiger partial charge is 0.267 e.